The van der Waals surface area contributed by atoms with E-state index in [9.17, 15) is 0 Å². The molecule has 0 bridgehead atoms. The van der Waals surface area contributed by atoms with E-state index in [1.54, 1.807) is 25.7 Å². The standard InChI is InChI=1S/C15H19N3O2/c1-3-7-20-12-8-11(9-17-10-12)14(16)13-5-4-6-18-15(13)19-2/h4-6,8-10,14H,3,7,16H2,1-2H3. The van der Waals surface area contributed by atoms with Gasteiger partial charge in [0.15, 0.2) is 0 Å². The first-order chi connectivity index (χ1) is 9.76. The topological polar surface area (TPSA) is 70.3 Å². The number of methoxy groups -OCH3 is 1. The molecule has 2 aromatic heterocycles. The molecular weight excluding hydrogens is 254 g/mol. The molecule has 2 N–H and O–H groups in total. The smallest absolute Gasteiger partial charge is 0.218 e. The van der Waals surface area contributed by atoms with Crippen molar-refractivity contribution in [2.24, 2.45) is 5.73 Å². The second-order valence-corrected chi connectivity index (χ2v) is 4.38. The Morgan fingerprint density at radius 1 is 1.35 bits per heavy atom. The fraction of sp³-hybridized carbons (Fsp3) is 0.333. The summed E-state index contributed by atoms with van der Waals surface area (Å²) in [4.78, 5) is 8.34. The third-order valence-corrected chi connectivity index (χ3v) is 2.90. The molecular formula is C15H19N3O2. The number of ether oxygens (including phenoxy) is 2. The molecule has 2 aromatic rings. The van der Waals surface area contributed by atoms with Crippen LogP contribution in [0, 0.1) is 0 Å². The highest BCUT2D eigenvalue weighted by molar-refractivity contribution is 5.38. The minimum Gasteiger partial charge on any atom is -0.492 e. The largest absolute Gasteiger partial charge is 0.492 e. The summed E-state index contributed by atoms with van der Waals surface area (Å²) in [6.45, 7) is 2.72. The molecule has 0 fully saturated rings. The Hall–Kier alpha value is -2.14. The molecule has 0 aliphatic carbocycles. The Balaban J connectivity index is 2.26. The summed E-state index contributed by atoms with van der Waals surface area (Å²) in [7, 11) is 1.58. The van der Waals surface area contributed by atoms with Crippen LogP contribution < -0.4 is 15.2 Å². The second-order valence-electron chi connectivity index (χ2n) is 4.38. The van der Waals surface area contributed by atoms with Gasteiger partial charge in [-0.25, -0.2) is 4.98 Å². The van der Waals surface area contributed by atoms with Crippen molar-refractivity contribution >= 4 is 0 Å². The van der Waals surface area contributed by atoms with Gasteiger partial charge in [-0.15, -0.1) is 0 Å². The molecule has 1 unspecified atom stereocenters. The zero-order valence-corrected chi connectivity index (χ0v) is 11.7. The van der Waals surface area contributed by atoms with Crippen molar-refractivity contribution in [3.8, 4) is 11.6 Å². The van der Waals surface area contributed by atoms with Crippen molar-refractivity contribution in [3.05, 3.63) is 47.9 Å². The normalized spacial score (nSPS) is 11.9. The SMILES string of the molecule is CCCOc1cncc(C(N)c2cccnc2OC)c1. The van der Waals surface area contributed by atoms with Gasteiger partial charge >= 0.3 is 0 Å². The van der Waals surface area contributed by atoms with E-state index in [-0.39, 0.29) is 6.04 Å². The number of nitrogens with two attached hydrogens (primary N) is 1. The van der Waals surface area contributed by atoms with Gasteiger partial charge in [-0.2, -0.15) is 0 Å². The van der Waals surface area contributed by atoms with Crippen molar-refractivity contribution in [1.29, 1.82) is 0 Å². The molecule has 0 saturated heterocycles. The third kappa shape index (κ3) is 3.24. The Bertz CT molecular complexity index is 560. The number of rotatable bonds is 6. The highest BCUT2D eigenvalue weighted by Crippen LogP contribution is 2.27. The summed E-state index contributed by atoms with van der Waals surface area (Å²) in [5, 5.41) is 0. The fourth-order valence-corrected chi connectivity index (χ4v) is 1.89. The first-order valence-corrected chi connectivity index (χ1v) is 6.58. The lowest BCUT2D eigenvalue weighted by Crippen LogP contribution is -2.14. The van der Waals surface area contributed by atoms with Crippen LogP contribution in [-0.4, -0.2) is 23.7 Å². The molecule has 5 heteroatoms. The molecule has 0 aliphatic rings. The monoisotopic (exact) mass is 273 g/mol. The van der Waals surface area contributed by atoms with Crippen LogP contribution in [0.25, 0.3) is 0 Å². The molecule has 106 valence electrons. The molecule has 2 rings (SSSR count). The Kier molecular flexibility index (Phi) is 4.90. The molecule has 20 heavy (non-hydrogen) atoms. The van der Waals surface area contributed by atoms with Gasteiger partial charge in [0.1, 0.15) is 5.75 Å². The van der Waals surface area contributed by atoms with Crippen molar-refractivity contribution in [1.82, 2.24) is 9.97 Å². The van der Waals surface area contributed by atoms with Crippen molar-refractivity contribution in [2.45, 2.75) is 19.4 Å². The number of hydrogen-bond acceptors (Lipinski definition) is 5. The summed E-state index contributed by atoms with van der Waals surface area (Å²) in [6.07, 6.45) is 6.04. The van der Waals surface area contributed by atoms with E-state index >= 15 is 0 Å². The average molecular weight is 273 g/mol. The predicted octanol–water partition coefficient (Wildman–Crippen LogP) is 2.32. The molecule has 0 saturated carbocycles. The molecule has 2 heterocycles. The van der Waals surface area contributed by atoms with Crippen LogP contribution in [0.2, 0.25) is 0 Å². The average Bonchev–Trinajstić information content (AvgIpc) is 2.52. The first kappa shape index (κ1) is 14.3. The van der Waals surface area contributed by atoms with Gasteiger partial charge in [-0.3, -0.25) is 4.98 Å². The molecule has 0 spiro atoms. The quantitative estimate of drug-likeness (QED) is 0.874. The van der Waals surface area contributed by atoms with E-state index in [4.69, 9.17) is 15.2 Å². The Labute approximate surface area is 118 Å². The Morgan fingerprint density at radius 3 is 2.95 bits per heavy atom. The molecule has 1 atom stereocenters. The number of aromatic nitrogens is 2. The van der Waals surface area contributed by atoms with Crippen LogP contribution in [0.5, 0.6) is 11.6 Å². The van der Waals surface area contributed by atoms with E-state index in [1.165, 1.54) is 0 Å². The zero-order valence-electron chi connectivity index (χ0n) is 11.7. The van der Waals surface area contributed by atoms with Crippen LogP contribution in [0.3, 0.4) is 0 Å². The summed E-state index contributed by atoms with van der Waals surface area (Å²) >= 11 is 0. The van der Waals surface area contributed by atoms with Gasteiger partial charge in [0.2, 0.25) is 5.88 Å². The highest BCUT2D eigenvalue weighted by atomic mass is 16.5. The molecule has 0 radical (unpaired) electrons. The van der Waals surface area contributed by atoms with Gasteiger partial charge in [0.25, 0.3) is 0 Å². The lowest BCUT2D eigenvalue weighted by Gasteiger charge is -2.15. The lowest BCUT2D eigenvalue weighted by atomic mass is 10.0. The van der Waals surface area contributed by atoms with Gasteiger partial charge in [0, 0.05) is 18.0 Å². The van der Waals surface area contributed by atoms with E-state index in [2.05, 4.69) is 16.9 Å². The van der Waals surface area contributed by atoms with E-state index in [1.807, 2.05) is 18.2 Å². The van der Waals surface area contributed by atoms with Gasteiger partial charge < -0.3 is 15.2 Å². The van der Waals surface area contributed by atoms with Crippen LogP contribution in [-0.2, 0) is 0 Å². The number of pyridine rings is 2. The third-order valence-electron chi connectivity index (χ3n) is 2.90. The molecule has 0 aliphatic heterocycles. The van der Waals surface area contributed by atoms with Crippen LogP contribution >= 0.6 is 0 Å². The van der Waals surface area contributed by atoms with Gasteiger partial charge in [0.05, 0.1) is 26.0 Å². The van der Waals surface area contributed by atoms with E-state index in [0.29, 0.717) is 12.5 Å². The Morgan fingerprint density at radius 2 is 2.20 bits per heavy atom. The van der Waals surface area contributed by atoms with E-state index in [0.717, 1.165) is 23.3 Å². The minimum atomic E-state index is -0.351. The maximum absolute atomic E-state index is 6.27. The van der Waals surface area contributed by atoms with Crippen LogP contribution in [0.4, 0.5) is 0 Å². The van der Waals surface area contributed by atoms with E-state index < -0.39 is 0 Å². The van der Waals surface area contributed by atoms with Crippen molar-refractivity contribution in [2.75, 3.05) is 13.7 Å². The predicted molar refractivity (Wildman–Crippen MR) is 76.8 cm³/mol. The first-order valence-electron chi connectivity index (χ1n) is 6.58. The van der Waals surface area contributed by atoms with Gasteiger partial charge in [-0.05, 0) is 24.1 Å². The van der Waals surface area contributed by atoms with Crippen molar-refractivity contribution in [3.63, 3.8) is 0 Å². The molecule has 5 nitrogen and oxygen atoms in total. The zero-order chi connectivity index (χ0) is 14.4. The number of hydrogen-bond donors (Lipinski definition) is 1. The highest BCUT2D eigenvalue weighted by Gasteiger charge is 2.15. The van der Waals surface area contributed by atoms with Gasteiger partial charge in [-0.1, -0.05) is 13.0 Å². The van der Waals surface area contributed by atoms with Crippen molar-refractivity contribution < 1.29 is 9.47 Å². The maximum Gasteiger partial charge on any atom is 0.218 e. The summed E-state index contributed by atoms with van der Waals surface area (Å²) in [6, 6.07) is 5.29. The van der Waals surface area contributed by atoms with Crippen LogP contribution in [0.15, 0.2) is 36.8 Å². The molecule has 0 aromatic carbocycles. The van der Waals surface area contributed by atoms with Crippen LogP contribution in [0.1, 0.15) is 30.5 Å². The lowest BCUT2D eigenvalue weighted by molar-refractivity contribution is 0.315. The maximum atomic E-state index is 6.27. The summed E-state index contributed by atoms with van der Waals surface area (Å²) < 4.78 is 10.8. The molecule has 0 amide bonds. The fourth-order valence-electron chi connectivity index (χ4n) is 1.89. The second kappa shape index (κ2) is 6.86. The minimum absolute atomic E-state index is 0.351. The summed E-state index contributed by atoms with van der Waals surface area (Å²) in [5.74, 6) is 1.25. The number of nitrogens with zero attached hydrogens (tertiary/aromatic N) is 2. The summed E-state index contributed by atoms with van der Waals surface area (Å²) in [5.41, 5.74) is 7.96.